The van der Waals surface area contributed by atoms with Gasteiger partial charge >= 0.3 is 0 Å². The molecule has 1 aromatic carbocycles. The summed E-state index contributed by atoms with van der Waals surface area (Å²) in [5.74, 6) is -1.97. The minimum atomic E-state index is -2.64. The first-order chi connectivity index (χ1) is 20.1. The van der Waals surface area contributed by atoms with Crippen molar-refractivity contribution in [2.45, 2.75) is 57.1 Å². The fourth-order valence-corrected chi connectivity index (χ4v) is 6.23. The molecule has 8 nitrogen and oxygen atoms in total. The SMILES string of the molecule is C[C@@H]1CC(N)=C(C(=O)Nc2ccc(N3CCC(O)CC3)nc2)c2cc(-c3cncc(CN4CCC(F)(F)C4)c3)ccc21. The molecule has 42 heavy (non-hydrogen) atoms. The van der Waals surface area contributed by atoms with Gasteiger partial charge in [-0.25, -0.2) is 13.8 Å². The highest BCUT2D eigenvalue weighted by molar-refractivity contribution is 6.26. The second kappa shape index (κ2) is 11.4. The van der Waals surface area contributed by atoms with Gasteiger partial charge in [-0.2, -0.15) is 0 Å². The number of hydrogen-bond acceptors (Lipinski definition) is 7. The van der Waals surface area contributed by atoms with Gasteiger partial charge in [0.25, 0.3) is 11.8 Å². The number of halogens is 2. The Balaban J connectivity index is 1.22. The number of rotatable bonds is 6. The smallest absolute Gasteiger partial charge is 0.261 e. The summed E-state index contributed by atoms with van der Waals surface area (Å²) in [5, 5.41) is 12.7. The Morgan fingerprint density at radius 1 is 1.10 bits per heavy atom. The second-order valence-corrected chi connectivity index (χ2v) is 11.8. The minimum absolute atomic E-state index is 0.120. The van der Waals surface area contributed by atoms with E-state index >= 15 is 0 Å². The van der Waals surface area contributed by atoms with Crippen molar-refractivity contribution in [1.82, 2.24) is 14.9 Å². The Labute approximate surface area is 244 Å². The van der Waals surface area contributed by atoms with E-state index in [2.05, 4.69) is 27.1 Å². The van der Waals surface area contributed by atoms with Crippen LogP contribution >= 0.6 is 0 Å². The summed E-state index contributed by atoms with van der Waals surface area (Å²) in [6.07, 6.45) is 6.73. The Morgan fingerprint density at radius 3 is 2.62 bits per heavy atom. The van der Waals surface area contributed by atoms with E-state index in [1.165, 1.54) is 0 Å². The van der Waals surface area contributed by atoms with Crippen LogP contribution in [0.2, 0.25) is 0 Å². The summed E-state index contributed by atoms with van der Waals surface area (Å²) in [6.45, 7) is 4.11. The highest BCUT2D eigenvalue weighted by Gasteiger charge is 2.38. The number of fused-ring (bicyclic) bond motifs is 1. The molecule has 10 heteroatoms. The quantitative estimate of drug-likeness (QED) is 0.390. The highest BCUT2D eigenvalue weighted by atomic mass is 19.3. The van der Waals surface area contributed by atoms with Crippen LogP contribution in [0.1, 0.15) is 55.2 Å². The molecule has 2 saturated heterocycles. The lowest BCUT2D eigenvalue weighted by Gasteiger charge is -2.30. The summed E-state index contributed by atoms with van der Waals surface area (Å²) in [6, 6.07) is 11.7. The van der Waals surface area contributed by atoms with Crippen LogP contribution in [0, 0.1) is 0 Å². The first-order valence-corrected chi connectivity index (χ1v) is 14.5. The molecule has 6 rings (SSSR count). The van der Waals surface area contributed by atoms with E-state index in [-0.39, 0.29) is 30.9 Å². The van der Waals surface area contributed by atoms with Crippen LogP contribution < -0.4 is 16.0 Å². The molecule has 3 aliphatic rings. The fourth-order valence-electron chi connectivity index (χ4n) is 6.23. The van der Waals surface area contributed by atoms with Gasteiger partial charge in [0.2, 0.25) is 0 Å². The van der Waals surface area contributed by atoms with Crippen LogP contribution in [0.25, 0.3) is 16.7 Å². The lowest BCUT2D eigenvalue weighted by Crippen LogP contribution is -2.36. The van der Waals surface area contributed by atoms with Crippen molar-refractivity contribution >= 4 is 23.0 Å². The minimum Gasteiger partial charge on any atom is -0.401 e. The summed E-state index contributed by atoms with van der Waals surface area (Å²) >= 11 is 0. The number of allylic oxidation sites excluding steroid dienone is 1. The van der Waals surface area contributed by atoms with E-state index in [1.54, 1.807) is 23.5 Å². The number of nitrogens with one attached hydrogen (secondary N) is 1. The third-order valence-corrected chi connectivity index (χ3v) is 8.51. The lowest BCUT2D eigenvalue weighted by atomic mass is 9.80. The van der Waals surface area contributed by atoms with E-state index in [1.807, 2.05) is 36.4 Å². The molecule has 0 spiro atoms. The van der Waals surface area contributed by atoms with E-state index in [0.29, 0.717) is 49.3 Å². The number of anilines is 2. The van der Waals surface area contributed by atoms with Crippen LogP contribution in [0.3, 0.4) is 0 Å². The molecule has 4 N–H and O–H groups in total. The zero-order valence-corrected chi connectivity index (χ0v) is 23.7. The zero-order valence-electron chi connectivity index (χ0n) is 23.7. The van der Waals surface area contributed by atoms with Crippen molar-refractivity contribution < 1.29 is 18.7 Å². The number of aliphatic hydroxyl groups is 1. The topological polar surface area (TPSA) is 108 Å². The number of piperidine rings is 1. The number of nitrogens with two attached hydrogens (primary N) is 1. The number of carbonyl (C=O) groups excluding carboxylic acids is 1. The number of alkyl halides is 2. The van der Waals surface area contributed by atoms with E-state index in [4.69, 9.17) is 5.73 Å². The number of pyridine rings is 2. The number of hydrogen-bond donors (Lipinski definition) is 3. The van der Waals surface area contributed by atoms with Crippen molar-refractivity contribution in [1.29, 1.82) is 0 Å². The number of aromatic nitrogens is 2. The average molecular weight is 575 g/mol. The third-order valence-electron chi connectivity index (χ3n) is 8.51. The van der Waals surface area contributed by atoms with Crippen LogP contribution in [0.5, 0.6) is 0 Å². The number of benzene rings is 1. The Hall–Kier alpha value is -3.89. The fraction of sp³-hybridized carbons (Fsp3) is 0.406. The number of amides is 1. The van der Waals surface area contributed by atoms with Gasteiger partial charge in [0.1, 0.15) is 5.82 Å². The molecular formula is C32H36F2N6O2. The number of aliphatic hydroxyl groups excluding tert-OH is 1. The van der Waals surface area contributed by atoms with E-state index < -0.39 is 5.92 Å². The number of nitrogens with zero attached hydrogens (tertiary/aromatic N) is 4. The van der Waals surface area contributed by atoms with Gasteiger partial charge in [0.15, 0.2) is 0 Å². The maximum atomic E-state index is 13.7. The normalized spacial score (nSPS) is 21.0. The maximum absolute atomic E-state index is 13.7. The predicted molar refractivity (Wildman–Crippen MR) is 159 cm³/mol. The van der Waals surface area contributed by atoms with Crippen molar-refractivity contribution in [3.05, 3.63) is 77.4 Å². The van der Waals surface area contributed by atoms with Gasteiger partial charge in [-0.05, 0) is 71.7 Å². The molecule has 1 atom stereocenters. The molecule has 220 valence electrons. The van der Waals surface area contributed by atoms with Crippen LogP contribution in [-0.4, -0.2) is 64.1 Å². The molecule has 2 aromatic heterocycles. The standard InChI is InChI=1S/C32H36F2N6O2/c1-20-12-28(35)30(31(42)38-24-3-5-29(37-17-24)40-9-6-25(41)7-10-40)27-14-22(2-4-26(20)27)23-13-21(15-36-16-23)18-39-11-8-32(33,34)19-39/h2-5,13-17,20,25,41H,6-12,18-19,35H2,1H3,(H,38,42)/t20-/m1/s1. The van der Waals surface area contributed by atoms with Gasteiger partial charge in [-0.15, -0.1) is 0 Å². The summed E-state index contributed by atoms with van der Waals surface area (Å²) in [5.41, 5.74) is 12.5. The molecule has 0 radical (unpaired) electrons. The van der Waals surface area contributed by atoms with Crippen LogP contribution in [-0.2, 0) is 11.3 Å². The highest BCUT2D eigenvalue weighted by Crippen LogP contribution is 2.39. The molecule has 0 bridgehead atoms. The molecule has 0 unspecified atom stereocenters. The Morgan fingerprint density at radius 2 is 1.90 bits per heavy atom. The Kier molecular flexibility index (Phi) is 7.67. The number of likely N-dealkylation sites (tertiary alicyclic amines) is 1. The lowest BCUT2D eigenvalue weighted by molar-refractivity contribution is -0.111. The number of carbonyl (C=O) groups is 1. The zero-order chi connectivity index (χ0) is 29.4. The van der Waals surface area contributed by atoms with Gasteiger partial charge in [-0.3, -0.25) is 14.7 Å². The van der Waals surface area contributed by atoms with Crippen LogP contribution in [0.15, 0.2) is 60.7 Å². The molecule has 2 aliphatic heterocycles. The molecule has 4 heterocycles. The van der Waals surface area contributed by atoms with Crippen molar-refractivity contribution in [2.75, 3.05) is 36.4 Å². The maximum Gasteiger partial charge on any atom is 0.261 e. The average Bonchev–Trinajstić information content (AvgIpc) is 3.31. The van der Waals surface area contributed by atoms with Crippen molar-refractivity contribution in [3.63, 3.8) is 0 Å². The van der Waals surface area contributed by atoms with Gasteiger partial charge in [0, 0.05) is 56.3 Å². The predicted octanol–water partition coefficient (Wildman–Crippen LogP) is 4.76. The monoisotopic (exact) mass is 574 g/mol. The van der Waals surface area contributed by atoms with Gasteiger partial charge in [0.05, 0.1) is 30.1 Å². The molecule has 0 saturated carbocycles. The van der Waals surface area contributed by atoms with Gasteiger partial charge in [-0.1, -0.05) is 19.1 Å². The molecule has 2 fully saturated rings. The van der Waals surface area contributed by atoms with Crippen molar-refractivity contribution in [2.24, 2.45) is 5.73 Å². The molecule has 1 amide bonds. The summed E-state index contributed by atoms with van der Waals surface area (Å²) < 4.78 is 27.4. The van der Waals surface area contributed by atoms with E-state index in [9.17, 15) is 18.7 Å². The summed E-state index contributed by atoms with van der Waals surface area (Å²) in [7, 11) is 0. The second-order valence-electron chi connectivity index (χ2n) is 11.8. The van der Waals surface area contributed by atoms with Crippen molar-refractivity contribution in [3.8, 4) is 11.1 Å². The first-order valence-electron chi connectivity index (χ1n) is 14.5. The largest absolute Gasteiger partial charge is 0.401 e. The first kappa shape index (κ1) is 28.2. The molecular weight excluding hydrogens is 538 g/mol. The third kappa shape index (κ3) is 6.00. The Bertz CT molecular complexity index is 1500. The van der Waals surface area contributed by atoms with E-state index in [0.717, 1.165) is 46.7 Å². The van der Waals surface area contributed by atoms with Crippen LogP contribution in [0.4, 0.5) is 20.3 Å². The molecule has 1 aliphatic carbocycles. The summed E-state index contributed by atoms with van der Waals surface area (Å²) in [4.78, 5) is 26.4. The molecule has 3 aromatic rings. The van der Waals surface area contributed by atoms with Gasteiger partial charge < -0.3 is 21.1 Å².